The third-order valence-electron chi connectivity index (χ3n) is 8.65. The zero-order valence-corrected chi connectivity index (χ0v) is 25.0. The molecule has 0 saturated heterocycles. The van der Waals surface area contributed by atoms with Crippen LogP contribution < -0.4 is 0 Å². The van der Waals surface area contributed by atoms with Gasteiger partial charge >= 0.3 is 0 Å². The van der Waals surface area contributed by atoms with Crippen LogP contribution in [0.5, 0.6) is 0 Å². The van der Waals surface area contributed by atoms with Crippen molar-refractivity contribution in [1.82, 2.24) is 14.1 Å². The normalized spacial score (nSPS) is 10.8. The van der Waals surface area contributed by atoms with Crippen molar-refractivity contribution >= 4 is 66.4 Å². The summed E-state index contributed by atoms with van der Waals surface area (Å²) in [7, 11) is 0. The number of benzene rings is 5. The fourth-order valence-electron chi connectivity index (χ4n) is 6.60. The Balaban J connectivity index is 1.60. The van der Waals surface area contributed by atoms with Gasteiger partial charge in [-0.25, -0.2) is 19.4 Å². The third kappa shape index (κ3) is 4.08. The molecule has 0 bridgehead atoms. The molecule has 0 saturated carbocycles. The summed E-state index contributed by atoms with van der Waals surface area (Å²) in [6.07, 6.45) is 3.52. The highest BCUT2D eigenvalue weighted by atomic mass is 15.0. The van der Waals surface area contributed by atoms with Gasteiger partial charge in [-0.3, -0.25) is 4.98 Å². The zero-order valence-electron chi connectivity index (χ0n) is 25.0. The van der Waals surface area contributed by atoms with Gasteiger partial charge in [-0.2, -0.15) is 5.26 Å². The van der Waals surface area contributed by atoms with Crippen LogP contribution in [0.2, 0.25) is 0 Å². The molecule has 5 aromatic carbocycles. The Kier molecular flexibility index (Phi) is 6.22. The van der Waals surface area contributed by atoms with Crippen LogP contribution in [-0.2, 0) is 0 Å². The van der Waals surface area contributed by atoms with Gasteiger partial charge < -0.3 is 9.13 Å². The zero-order chi connectivity index (χ0) is 32.9. The lowest BCUT2D eigenvalue weighted by Gasteiger charge is -2.20. The van der Waals surface area contributed by atoms with Crippen molar-refractivity contribution in [3.8, 4) is 28.6 Å². The Morgan fingerprint density at radius 1 is 0.521 bits per heavy atom. The molecule has 3 aromatic heterocycles. The van der Waals surface area contributed by atoms with Crippen LogP contribution in [0.1, 0.15) is 5.56 Å². The van der Waals surface area contributed by atoms with E-state index in [-0.39, 0.29) is 0 Å². The van der Waals surface area contributed by atoms with Crippen LogP contribution in [0.25, 0.3) is 85.5 Å². The van der Waals surface area contributed by atoms with Crippen molar-refractivity contribution in [2.75, 3.05) is 0 Å². The van der Waals surface area contributed by atoms with Gasteiger partial charge in [0.15, 0.2) is 22.7 Å². The van der Waals surface area contributed by atoms with Gasteiger partial charge in [-0.05, 0) is 42.0 Å². The molecule has 0 radical (unpaired) electrons. The Hall–Kier alpha value is -7.70. The van der Waals surface area contributed by atoms with Crippen LogP contribution in [-0.4, -0.2) is 14.1 Å². The van der Waals surface area contributed by atoms with E-state index >= 15 is 0 Å². The van der Waals surface area contributed by atoms with Gasteiger partial charge in [0.1, 0.15) is 0 Å². The van der Waals surface area contributed by atoms with Crippen molar-refractivity contribution in [1.29, 1.82) is 5.26 Å². The van der Waals surface area contributed by atoms with E-state index in [2.05, 4.69) is 25.4 Å². The van der Waals surface area contributed by atoms with E-state index in [4.69, 9.17) is 31.3 Å². The highest BCUT2D eigenvalue weighted by molar-refractivity contribution is 6.13. The molecule has 0 fully saturated rings. The number of fused-ring (bicyclic) bond motifs is 6. The standard InChI is InChI=1S/C40H18N8/c1-42-26-7-5-6-25(17-26)40-38(47-34-16-24(21-41)8-12-30(34)31-13-9-27(43-2)18-35(31)47)22-46-23-39(40)48-36-19-28(44-3)10-14-32(36)33-15-11-29(45-4)20-37(33)48/h5-20,22-23H. The highest BCUT2D eigenvalue weighted by Gasteiger charge is 2.23. The van der Waals surface area contributed by atoms with E-state index in [0.717, 1.165) is 54.7 Å². The molecule has 0 spiro atoms. The SMILES string of the molecule is [C-]#[N+]c1cccc(-c2c(-n3c4cc(C#N)ccc4c4ccc([N+]#[C-])cc43)cncc2-n2c3cc([N+]#[C-])ccc3c3ccc([N+]#[C-])cc32)c1. The first-order valence-electron chi connectivity index (χ1n) is 14.7. The maximum absolute atomic E-state index is 9.88. The Morgan fingerprint density at radius 3 is 1.42 bits per heavy atom. The first-order chi connectivity index (χ1) is 23.6. The van der Waals surface area contributed by atoms with Gasteiger partial charge in [0, 0.05) is 43.7 Å². The van der Waals surface area contributed by atoms with Crippen molar-refractivity contribution < 1.29 is 0 Å². The molecule has 48 heavy (non-hydrogen) atoms. The van der Waals surface area contributed by atoms with Gasteiger partial charge in [0.2, 0.25) is 0 Å². The van der Waals surface area contributed by atoms with Crippen LogP contribution >= 0.6 is 0 Å². The summed E-state index contributed by atoms with van der Waals surface area (Å²) in [6, 6.07) is 31.8. The lowest BCUT2D eigenvalue weighted by atomic mass is 10.0. The highest BCUT2D eigenvalue weighted by Crippen LogP contribution is 2.43. The summed E-state index contributed by atoms with van der Waals surface area (Å²) in [4.78, 5) is 19.6. The molecule has 0 aliphatic carbocycles. The molecule has 8 rings (SSSR count). The van der Waals surface area contributed by atoms with Gasteiger partial charge in [-0.15, -0.1) is 0 Å². The molecular weight excluding hydrogens is 592 g/mol. The Morgan fingerprint density at radius 2 is 0.958 bits per heavy atom. The van der Waals surface area contributed by atoms with E-state index in [1.54, 1.807) is 42.7 Å². The predicted octanol–water partition coefficient (Wildman–Crippen LogP) is 11.0. The van der Waals surface area contributed by atoms with Crippen molar-refractivity contribution in [3.05, 3.63) is 161 Å². The predicted molar refractivity (Wildman–Crippen MR) is 188 cm³/mol. The smallest absolute Gasteiger partial charge is 0.189 e. The van der Waals surface area contributed by atoms with Crippen LogP contribution in [0.3, 0.4) is 0 Å². The van der Waals surface area contributed by atoms with E-state index in [0.29, 0.717) is 39.7 Å². The molecule has 0 atom stereocenters. The maximum Gasteiger partial charge on any atom is 0.189 e. The molecule has 8 heteroatoms. The summed E-state index contributed by atoms with van der Waals surface area (Å²) in [5, 5.41) is 13.5. The van der Waals surface area contributed by atoms with E-state index < -0.39 is 0 Å². The maximum atomic E-state index is 9.88. The second kappa shape index (κ2) is 10.7. The summed E-state index contributed by atoms with van der Waals surface area (Å²) in [6.45, 7) is 31.0. The minimum absolute atomic E-state index is 0.457. The van der Waals surface area contributed by atoms with E-state index in [9.17, 15) is 5.26 Å². The molecule has 8 nitrogen and oxygen atoms in total. The number of nitrogens with zero attached hydrogens (tertiary/aromatic N) is 8. The van der Waals surface area contributed by atoms with Gasteiger partial charge in [0.05, 0.1) is 67.2 Å². The number of rotatable bonds is 3. The van der Waals surface area contributed by atoms with Crippen molar-refractivity contribution in [3.63, 3.8) is 0 Å². The summed E-state index contributed by atoms with van der Waals surface area (Å²) in [5.41, 5.74) is 8.25. The number of aromatic nitrogens is 3. The molecule has 0 amide bonds. The summed E-state index contributed by atoms with van der Waals surface area (Å²) in [5.74, 6) is 0. The number of nitriles is 1. The molecule has 0 aliphatic heterocycles. The lowest BCUT2D eigenvalue weighted by molar-refractivity contribution is 1.09. The van der Waals surface area contributed by atoms with Crippen LogP contribution in [0, 0.1) is 37.6 Å². The second-order valence-electron chi connectivity index (χ2n) is 11.2. The first kappa shape index (κ1) is 27.8. The average molecular weight is 611 g/mol. The molecule has 0 N–H and O–H groups in total. The fourth-order valence-corrected chi connectivity index (χ4v) is 6.60. The molecule has 3 heterocycles. The minimum atomic E-state index is 0.457. The quantitative estimate of drug-likeness (QED) is 0.187. The van der Waals surface area contributed by atoms with E-state index in [1.807, 2.05) is 75.9 Å². The molecule has 8 aromatic rings. The van der Waals surface area contributed by atoms with Gasteiger partial charge in [-0.1, -0.05) is 60.7 Å². The third-order valence-corrected chi connectivity index (χ3v) is 8.65. The van der Waals surface area contributed by atoms with E-state index in [1.165, 1.54) is 0 Å². The number of pyridine rings is 1. The largest absolute Gasteiger partial charge is 0.310 e. The second-order valence-corrected chi connectivity index (χ2v) is 11.2. The first-order valence-corrected chi connectivity index (χ1v) is 14.7. The monoisotopic (exact) mass is 610 g/mol. The van der Waals surface area contributed by atoms with Crippen LogP contribution in [0.15, 0.2) is 109 Å². The topological polar surface area (TPSA) is 64.0 Å². The molecule has 0 unspecified atom stereocenters. The fraction of sp³-hybridized carbons (Fsp3) is 0. The summed E-state index contributed by atoms with van der Waals surface area (Å²) >= 11 is 0. The molecule has 218 valence electrons. The number of hydrogen-bond acceptors (Lipinski definition) is 2. The molecule has 0 aliphatic rings. The van der Waals surface area contributed by atoms with Crippen molar-refractivity contribution in [2.24, 2.45) is 0 Å². The Bertz CT molecular complexity index is 2600. The molecular formula is C40H18N8. The number of hydrogen-bond donors (Lipinski definition) is 0. The van der Waals surface area contributed by atoms with Gasteiger partial charge in [0.25, 0.3) is 0 Å². The minimum Gasteiger partial charge on any atom is -0.310 e. The summed E-state index contributed by atoms with van der Waals surface area (Å²) < 4.78 is 4.06. The van der Waals surface area contributed by atoms with Crippen LogP contribution in [0.4, 0.5) is 22.7 Å². The average Bonchev–Trinajstić information content (AvgIpc) is 3.64. The van der Waals surface area contributed by atoms with Crippen molar-refractivity contribution in [2.45, 2.75) is 0 Å². The Labute approximate surface area is 274 Å². The lowest BCUT2D eigenvalue weighted by Crippen LogP contribution is -2.05.